The van der Waals surface area contributed by atoms with Crippen molar-refractivity contribution >= 4 is 11.9 Å². The van der Waals surface area contributed by atoms with Crippen LogP contribution in [0.15, 0.2) is 29.2 Å². The van der Waals surface area contributed by atoms with Crippen LogP contribution in [0.3, 0.4) is 0 Å². The zero-order valence-corrected chi connectivity index (χ0v) is 9.69. The fraction of sp³-hybridized carbons (Fsp3) is 0.500. The lowest BCUT2D eigenvalue weighted by molar-refractivity contribution is 0.580. The van der Waals surface area contributed by atoms with Crippen LogP contribution in [0.2, 0.25) is 0 Å². The summed E-state index contributed by atoms with van der Waals surface area (Å²) in [6.45, 7) is 2.20. The minimum Gasteiger partial charge on any atom is -0.257 e. The molecule has 2 rings (SSSR count). The number of rotatable bonds is 5. The van der Waals surface area contributed by atoms with Crippen molar-refractivity contribution in [3.8, 4) is 0 Å². The first-order valence-electron chi connectivity index (χ1n) is 5.42. The van der Waals surface area contributed by atoms with Gasteiger partial charge in [-0.2, -0.15) is 0 Å². The largest absolute Gasteiger partial charge is 0.257 e. The first-order chi connectivity index (χ1) is 7.24. The Morgan fingerprint density at radius 1 is 1.40 bits per heavy atom. The fourth-order valence-corrected chi connectivity index (χ4v) is 2.28. The van der Waals surface area contributed by atoms with Crippen LogP contribution in [-0.4, -0.2) is 6.04 Å². The van der Waals surface area contributed by atoms with Gasteiger partial charge in [0, 0.05) is 10.9 Å². The minimum atomic E-state index is -0.176. The first-order valence-corrected chi connectivity index (χ1v) is 6.23. The Kier molecular flexibility index (Phi) is 3.65. The lowest BCUT2D eigenvalue weighted by Crippen LogP contribution is -2.19. The molecule has 0 spiro atoms. The average molecular weight is 225 g/mol. The van der Waals surface area contributed by atoms with E-state index < -0.39 is 0 Å². The second kappa shape index (κ2) is 4.99. The monoisotopic (exact) mass is 225 g/mol. The average Bonchev–Trinajstić information content (AvgIpc) is 3.01. The van der Waals surface area contributed by atoms with Gasteiger partial charge < -0.3 is 0 Å². The van der Waals surface area contributed by atoms with Crippen molar-refractivity contribution < 1.29 is 4.39 Å². The predicted molar refractivity (Wildman–Crippen MR) is 62.2 cm³/mol. The summed E-state index contributed by atoms with van der Waals surface area (Å²) in [6.07, 6.45) is 4.05. The van der Waals surface area contributed by atoms with Crippen molar-refractivity contribution in [1.29, 1.82) is 0 Å². The van der Waals surface area contributed by atoms with Crippen LogP contribution in [0.25, 0.3) is 0 Å². The summed E-state index contributed by atoms with van der Waals surface area (Å²) in [5, 5.41) is 0. The van der Waals surface area contributed by atoms with Crippen molar-refractivity contribution in [2.24, 2.45) is 5.92 Å². The summed E-state index contributed by atoms with van der Waals surface area (Å²) < 4.78 is 16.0. The lowest BCUT2D eigenvalue weighted by atomic mass is 10.2. The quantitative estimate of drug-likeness (QED) is 0.768. The molecule has 82 valence electrons. The summed E-state index contributed by atoms with van der Waals surface area (Å²) in [4.78, 5) is 1.07. The van der Waals surface area contributed by atoms with Crippen LogP contribution in [0, 0.1) is 11.7 Å². The summed E-state index contributed by atoms with van der Waals surface area (Å²) in [7, 11) is 0. The summed E-state index contributed by atoms with van der Waals surface area (Å²) in [5.41, 5.74) is 0. The molecule has 1 unspecified atom stereocenters. The molecule has 15 heavy (non-hydrogen) atoms. The van der Waals surface area contributed by atoms with E-state index in [2.05, 4.69) is 11.6 Å². The molecule has 1 aliphatic rings. The van der Waals surface area contributed by atoms with E-state index >= 15 is 0 Å². The maximum atomic E-state index is 12.6. The molecular formula is C12H16FNS. The Labute approximate surface area is 94.6 Å². The zero-order chi connectivity index (χ0) is 10.7. The molecule has 0 radical (unpaired) electrons. The third-order valence-electron chi connectivity index (χ3n) is 2.58. The van der Waals surface area contributed by atoms with E-state index in [1.54, 1.807) is 24.1 Å². The van der Waals surface area contributed by atoms with Crippen LogP contribution in [0.5, 0.6) is 0 Å². The Hall–Kier alpha value is -0.540. The smallest absolute Gasteiger partial charge is 0.123 e. The molecule has 1 saturated carbocycles. The number of nitrogens with one attached hydrogen (secondary N) is 1. The molecule has 0 amide bonds. The molecule has 1 nitrogen and oxygen atoms in total. The molecule has 3 heteroatoms. The Bertz CT molecular complexity index is 308. The predicted octanol–water partition coefficient (Wildman–Crippen LogP) is 3.61. The molecule has 1 N–H and O–H groups in total. The number of hydrogen-bond donors (Lipinski definition) is 1. The molecule has 0 heterocycles. The van der Waals surface area contributed by atoms with Gasteiger partial charge in [0.05, 0.1) is 0 Å². The van der Waals surface area contributed by atoms with E-state index in [4.69, 9.17) is 0 Å². The highest BCUT2D eigenvalue weighted by atomic mass is 32.2. The normalized spacial score (nSPS) is 17.7. The lowest BCUT2D eigenvalue weighted by Gasteiger charge is -2.11. The van der Waals surface area contributed by atoms with Gasteiger partial charge in [-0.15, -0.1) is 0 Å². The van der Waals surface area contributed by atoms with Gasteiger partial charge >= 0.3 is 0 Å². The van der Waals surface area contributed by atoms with Crippen LogP contribution in [0.4, 0.5) is 4.39 Å². The van der Waals surface area contributed by atoms with Gasteiger partial charge in [0.25, 0.3) is 0 Å². The molecule has 1 atom stereocenters. The maximum Gasteiger partial charge on any atom is 0.123 e. The van der Waals surface area contributed by atoms with Crippen LogP contribution in [-0.2, 0) is 0 Å². The molecule has 0 bridgehead atoms. The highest BCUT2D eigenvalue weighted by molar-refractivity contribution is 7.97. The van der Waals surface area contributed by atoms with Crippen molar-refractivity contribution in [2.45, 2.75) is 37.1 Å². The molecular weight excluding hydrogens is 209 g/mol. The van der Waals surface area contributed by atoms with Gasteiger partial charge in [-0.25, -0.2) is 4.39 Å². The van der Waals surface area contributed by atoms with E-state index in [0.29, 0.717) is 6.04 Å². The van der Waals surface area contributed by atoms with Crippen LogP contribution in [0.1, 0.15) is 26.2 Å². The maximum absolute atomic E-state index is 12.6. The highest BCUT2D eigenvalue weighted by Gasteiger charge is 2.23. The number of halogens is 1. The molecule has 0 aliphatic heterocycles. The molecule has 0 aromatic heterocycles. The van der Waals surface area contributed by atoms with E-state index in [1.165, 1.54) is 31.4 Å². The SMILES string of the molecule is CC(CC1CC1)NSc1ccc(F)cc1. The topological polar surface area (TPSA) is 12.0 Å². The van der Waals surface area contributed by atoms with E-state index in [0.717, 1.165) is 10.8 Å². The van der Waals surface area contributed by atoms with Crippen molar-refractivity contribution in [3.05, 3.63) is 30.1 Å². The Morgan fingerprint density at radius 2 is 2.07 bits per heavy atom. The molecule has 1 aromatic rings. The highest BCUT2D eigenvalue weighted by Crippen LogP contribution is 2.33. The molecule has 1 aromatic carbocycles. The summed E-state index contributed by atoms with van der Waals surface area (Å²) >= 11 is 1.59. The van der Waals surface area contributed by atoms with Gasteiger partial charge in [-0.3, -0.25) is 4.72 Å². The molecule has 1 fully saturated rings. The van der Waals surface area contributed by atoms with E-state index in [9.17, 15) is 4.39 Å². The van der Waals surface area contributed by atoms with Crippen molar-refractivity contribution in [2.75, 3.05) is 0 Å². The van der Waals surface area contributed by atoms with Crippen LogP contribution >= 0.6 is 11.9 Å². The summed E-state index contributed by atoms with van der Waals surface area (Å²) in [5.74, 6) is 0.770. The third kappa shape index (κ3) is 3.84. The van der Waals surface area contributed by atoms with Crippen molar-refractivity contribution in [1.82, 2.24) is 4.72 Å². The van der Waals surface area contributed by atoms with Gasteiger partial charge in [-0.1, -0.05) is 12.8 Å². The van der Waals surface area contributed by atoms with E-state index in [1.807, 2.05) is 0 Å². The van der Waals surface area contributed by atoms with Gasteiger partial charge in [0.2, 0.25) is 0 Å². The standard InChI is InChI=1S/C12H16FNS/c1-9(8-10-2-3-10)14-15-12-6-4-11(13)5-7-12/h4-7,9-10,14H,2-3,8H2,1H3. The second-order valence-electron chi connectivity index (χ2n) is 4.25. The summed E-state index contributed by atoms with van der Waals surface area (Å²) in [6, 6.07) is 7.13. The van der Waals surface area contributed by atoms with E-state index in [-0.39, 0.29) is 5.82 Å². The third-order valence-corrected chi connectivity index (χ3v) is 3.60. The Morgan fingerprint density at radius 3 is 2.67 bits per heavy atom. The number of benzene rings is 1. The first kappa shape index (κ1) is 11.0. The van der Waals surface area contributed by atoms with Crippen molar-refractivity contribution in [3.63, 3.8) is 0 Å². The second-order valence-corrected chi connectivity index (χ2v) is 5.17. The van der Waals surface area contributed by atoms with Gasteiger partial charge in [0.1, 0.15) is 5.82 Å². The Balaban J connectivity index is 1.74. The molecule has 1 aliphatic carbocycles. The minimum absolute atomic E-state index is 0.176. The van der Waals surface area contributed by atoms with Crippen LogP contribution < -0.4 is 4.72 Å². The molecule has 0 saturated heterocycles. The van der Waals surface area contributed by atoms with Gasteiger partial charge in [-0.05, 0) is 55.5 Å². The fourth-order valence-electron chi connectivity index (χ4n) is 1.57. The number of hydrogen-bond acceptors (Lipinski definition) is 2. The van der Waals surface area contributed by atoms with Gasteiger partial charge in [0.15, 0.2) is 0 Å². The zero-order valence-electron chi connectivity index (χ0n) is 8.87.